The second-order valence-corrected chi connectivity index (χ2v) is 7.14. The Labute approximate surface area is 149 Å². The fraction of sp³-hybridized carbons (Fsp3) is 0.333. The van der Waals surface area contributed by atoms with Gasteiger partial charge in [-0.2, -0.15) is 0 Å². The summed E-state index contributed by atoms with van der Waals surface area (Å²) in [4.78, 5) is 16.8. The lowest BCUT2D eigenvalue weighted by Crippen LogP contribution is -2.26. The van der Waals surface area contributed by atoms with E-state index in [-0.39, 0.29) is 17.9 Å². The maximum absolute atomic E-state index is 11.7. The highest BCUT2D eigenvalue weighted by Crippen LogP contribution is 2.21. The molecule has 25 heavy (non-hydrogen) atoms. The molecule has 0 unspecified atom stereocenters. The van der Waals surface area contributed by atoms with E-state index in [9.17, 15) is 4.79 Å². The van der Waals surface area contributed by atoms with Gasteiger partial charge in [-0.15, -0.1) is 0 Å². The van der Waals surface area contributed by atoms with E-state index in [1.807, 2.05) is 43.3 Å². The molecule has 0 aliphatic rings. The van der Waals surface area contributed by atoms with E-state index < -0.39 is 0 Å². The van der Waals surface area contributed by atoms with Crippen molar-refractivity contribution in [2.45, 2.75) is 39.7 Å². The molecular formula is C21H26N2O2. The topological polar surface area (TPSA) is 50.7 Å². The molecule has 0 saturated carbocycles. The first-order valence-electron chi connectivity index (χ1n) is 8.43. The highest BCUT2D eigenvalue weighted by Gasteiger charge is 2.12. The fourth-order valence-corrected chi connectivity index (χ4v) is 2.22. The molecule has 0 aliphatic carbocycles. The monoisotopic (exact) mass is 338 g/mol. The summed E-state index contributed by atoms with van der Waals surface area (Å²) >= 11 is 0. The largest absolute Gasteiger partial charge is 0.386 e. The van der Waals surface area contributed by atoms with Gasteiger partial charge in [0.05, 0.1) is 6.21 Å². The lowest BCUT2D eigenvalue weighted by atomic mass is 9.87. The van der Waals surface area contributed by atoms with Gasteiger partial charge in [-0.1, -0.05) is 80.0 Å². The predicted molar refractivity (Wildman–Crippen MR) is 102 cm³/mol. The third-order valence-corrected chi connectivity index (χ3v) is 3.86. The van der Waals surface area contributed by atoms with Crippen LogP contribution in [-0.4, -0.2) is 18.7 Å². The number of aryl methyl sites for hydroxylation is 1. The Morgan fingerprint density at radius 1 is 1.08 bits per heavy atom. The van der Waals surface area contributed by atoms with Crippen molar-refractivity contribution in [3.05, 3.63) is 70.8 Å². The van der Waals surface area contributed by atoms with Crippen molar-refractivity contribution in [2.24, 2.45) is 5.16 Å². The zero-order valence-corrected chi connectivity index (χ0v) is 15.4. The van der Waals surface area contributed by atoms with E-state index in [0.717, 1.165) is 11.1 Å². The molecular weight excluding hydrogens is 312 g/mol. The van der Waals surface area contributed by atoms with E-state index in [0.29, 0.717) is 6.54 Å². The van der Waals surface area contributed by atoms with Crippen LogP contribution < -0.4 is 5.32 Å². The summed E-state index contributed by atoms with van der Waals surface area (Å²) in [6.07, 6.45) is 1.61. The Morgan fingerprint density at radius 3 is 2.32 bits per heavy atom. The predicted octanol–water partition coefficient (Wildman–Crippen LogP) is 3.96. The van der Waals surface area contributed by atoms with Gasteiger partial charge in [0.1, 0.15) is 0 Å². The van der Waals surface area contributed by atoms with E-state index in [4.69, 9.17) is 4.84 Å². The summed E-state index contributed by atoms with van der Waals surface area (Å²) in [6.45, 7) is 8.95. The molecule has 2 aromatic rings. The highest BCUT2D eigenvalue weighted by atomic mass is 16.6. The molecule has 0 atom stereocenters. The van der Waals surface area contributed by atoms with Gasteiger partial charge < -0.3 is 10.2 Å². The van der Waals surface area contributed by atoms with Crippen LogP contribution >= 0.6 is 0 Å². The maximum Gasteiger partial charge on any atom is 0.261 e. The van der Waals surface area contributed by atoms with Crippen molar-refractivity contribution in [1.82, 2.24) is 5.32 Å². The van der Waals surface area contributed by atoms with Crippen LogP contribution in [0.5, 0.6) is 0 Å². The first kappa shape index (κ1) is 18.7. The minimum Gasteiger partial charge on any atom is -0.386 e. The maximum atomic E-state index is 11.7. The fourth-order valence-electron chi connectivity index (χ4n) is 2.22. The van der Waals surface area contributed by atoms with Crippen molar-refractivity contribution in [1.29, 1.82) is 0 Å². The highest BCUT2D eigenvalue weighted by molar-refractivity contribution is 5.79. The Kier molecular flexibility index (Phi) is 6.34. The van der Waals surface area contributed by atoms with Crippen LogP contribution in [0.3, 0.4) is 0 Å². The number of nitrogens with one attached hydrogen (secondary N) is 1. The standard InChI is InChI=1S/C21H26N2O2/c1-16-5-7-17(8-6-16)13-22-20(24)15-25-23-14-18-9-11-19(12-10-18)21(2,3)4/h5-12,14H,13,15H2,1-4H3,(H,22,24)/b23-14-. The average Bonchev–Trinajstić information content (AvgIpc) is 2.58. The molecule has 0 spiro atoms. The van der Waals surface area contributed by atoms with Crippen LogP contribution in [-0.2, 0) is 21.6 Å². The first-order valence-corrected chi connectivity index (χ1v) is 8.43. The molecule has 0 heterocycles. The number of hydrogen-bond donors (Lipinski definition) is 1. The molecule has 1 amide bonds. The van der Waals surface area contributed by atoms with Crippen LogP contribution in [0.2, 0.25) is 0 Å². The minimum atomic E-state index is -0.194. The molecule has 0 aromatic heterocycles. The molecule has 2 aromatic carbocycles. The second kappa shape index (κ2) is 8.47. The Balaban J connectivity index is 1.73. The molecule has 0 bridgehead atoms. The SMILES string of the molecule is Cc1ccc(CNC(=O)CO/N=C\c2ccc(C(C)(C)C)cc2)cc1. The number of hydrogen-bond acceptors (Lipinski definition) is 3. The Bertz CT molecular complexity index is 711. The summed E-state index contributed by atoms with van der Waals surface area (Å²) in [6, 6.07) is 16.2. The van der Waals surface area contributed by atoms with Gasteiger partial charge in [-0.3, -0.25) is 4.79 Å². The number of carbonyl (C=O) groups excluding carboxylic acids is 1. The van der Waals surface area contributed by atoms with Gasteiger partial charge in [0.25, 0.3) is 5.91 Å². The average molecular weight is 338 g/mol. The Morgan fingerprint density at radius 2 is 1.72 bits per heavy atom. The molecule has 0 aliphatic heterocycles. The minimum absolute atomic E-state index is 0.0948. The molecule has 2 rings (SSSR count). The van der Waals surface area contributed by atoms with Crippen molar-refractivity contribution in [3.63, 3.8) is 0 Å². The van der Waals surface area contributed by atoms with Crippen LogP contribution in [0.4, 0.5) is 0 Å². The molecule has 0 radical (unpaired) electrons. The lowest BCUT2D eigenvalue weighted by Gasteiger charge is -2.18. The van der Waals surface area contributed by atoms with Gasteiger partial charge in [-0.25, -0.2) is 0 Å². The summed E-state index contributed by atoms with van der Waals surface area (Å²) in [5.41, 5.74) is 4.58. The summed E-state index contributed by atoms with van der Waals surface area (Å²) in [5, 5.41) is 6.66. The van der Waals surface area contributed by atoms with E-state index in [1.54, 1.807) is 6.21 Å². The van der Waals surface area contributed by atoms with E-state index >= 15 is 0 Å². The molecule has 132 valence electrons. The summed E-state index contributed by atoms with van der Waals surface area (Å²) in [7, 11) is 0. The first-order chi connectivity index (χ1) is 11.8. The zero-order valence-electron chi connectivity index (χ0n) is 15.4. The van der Waals surface area contributed by atoms with Crippen LogP contribution in [0, 0.1) is 6.92 Å². The third kappa shape index (κ3) is 6.42. The number of benzene rings is 2. The number of carbonyl (C=O) groups is 1. The number of rotatable bonds is 6. The molecule has 4 heteroatoms. The van der Waals surface area contributed by atoms with E-state index in [1.165, 1.54) is 11.1 Å². The lowest BCUT2D eigenvalue weighted by molar-refractivity contribution is -0.125. The Hall–Kier alpha value is -2.62. The van der Waals surface area contributed by atoms with Crippen LogP contribution in [0.25, 0.3) is 0 Å². The number of amides is 1. The van der Waals surface area contributed by atoms with Crippen LogP contribution in [0.1, 0.15) is 43.0 Å². The van der Waals surface area contributed by atoms with E-state index in [2.05, 4.69) is 43.4 Å². The summed E-state index contributed by atoms with van der Waals surface area (Å²) < 4.78 is 0. The molecule has 0 fully saturated rings. The van der Waals surface area contributed by atoms with Gasteiger partial charge in [0.2, 0.25) is 0 Å². The normalized spacial score (nSPS) is 11.5. The van der Waals surface area contributed by atoms with Crippen molar-refractivity contribution in [2.75, 3.05) is 6.61 Å². The molecule has 4 nitrogen and oxygen atoms in total. The zero-order chi connectivity index (χ0) is 18.3. The van der Waals surface area contributed by atoms with Gasteiger partial charge in [0, 0.05) is 6.54 Å². The molecule has 0 saturated heterocycles. The molecule has 1 N–H and O–H groups in total. The quantitative estimate of drug-likeness (QED) is 0.640. The summed E-state index contributed by atoms with van der Waals surface area (Å²) in [5.74, 6) is -0.194. The number of oxime groups is 1. The van der Waals surface area contributed by atoms with Crippen molar-refractivity contribution >= 4 is 12.1 Å². The number of nitrogens with zero attached hydrogens (tertiary/aromatic N) is 1. The van der Waals surface area contributed by atoms with Gasteiger partial charge in [-0.05, 0) is 29.0 Å². The second-order valence-electron chi connectivity index (χ2n) is 7.14. The third-order valence-electron chi connectivity index (χ3n) is 3.86. The van der Waals surface area contributed by atoms with Crippen LogP contribution in [0.15, 0.2) is 53.7 Å². The smallest absolute Gasteiger partial charge is 0.261 e. The van der Waals surface area contributed by atoms with Gasteiger partial charge >= 0.3 is 0 Å². The van der Waals surface area contributed by atoms with Crippen molar-refractivity contribution < 1.29 is 9.63 Å². The van der Waals surface area contributed by atoms with Crippen molar-refractivity contribution in [3.8, 4) is 0 Å². The van der Waals surface area contributed by atoms with Gasteiger partial charge in [0.15, 0.2) is 6.61 Å².